The molecule has 7 heteroatoms. The minimum atomic E-state index is -0.00745. The van der Waals surface area contributed by atoms with Crippen LogP contribution in [0.1, 0.15) is 37.2 Å². The van der Waals surface area contributed by atoms with Crippen LogP contribution in [0.4, 0.5) is 0 Å². The van der Waals surface area contributed by atoms with Gasteiger partial charge in [-0.2, -0.15) is 10.2 Å². The first-order valence-corrected chi connectivity index (χ1v) is 8.07. The zero-order valence-electron chi connectivity index (χ0n) is 13.3. The number of rotatable bonds is 5. The van der Waals surface area contributed by atoms with Gasteiger partial charge in [0.15, 0.2) is 0 Å². The molecule has 0 unspecified atom stereocenters. The molecule has 1 aliphatic rings. The molecule has 1 fully saturated rings. The SMILES string of the molecule is CCn1c([C@@H]2CCCNC2)nn(CCn2ccc(C)n2)c1=O. The van der Waals surface area contributed by atoms with Gasteiger partial charge >= 0.3 is 5.69 Å². The maximum Gasteiger partial charge on any atom is 0.345 e. The summed E-state index contributed by atoms with van der Waals surface area (Å²) in [7, 11) is 0. The lowest BCUT2D eigenvalue weighted by molar-refractivity contribution is 0.428. The molecule has 1 aliphatic heterocycles. The molecule has 0 aliphatic carbocycles. The first-order chi connectivity index (χ1) is 10.7. The number of piperidine rings is 1. The summed E-state index contributed by atoms with van der Waals surface area (Å²) in [5.74, 6) is 1.27. The minimum Gasteiger partial charge on any atom is -0.316 e. The second-order valence-electron chi connectivity index (χ2n) is 5.87. The van der Waals surface area contributed by atoms with Crippen molar-refractivity contribution in [2.24, 2.45) is 0 Å². The molecule has 0 spiro atoms. The maximum atomic E-state index is 12.5. The van der Waals surface area contributed by atoms with Crippen molar-refractivity contribution in [3.63, 3.8) is 0 Å². The van der Waals surface area contributed by atoms with Crippen molar-refractivity contribution < 1.29 is 0 Å². The molecule has 3 rings (SSSR count). The topological polar surface area (TPSA) is 69.7 Å². The number of hydrogen-bond donors (Lipinski definition) is 1. The molecule has 7 nitrogen and oxygen atoms in total. The van der Waals surface area contributed by atoms with Crippen LogP contribution in [0.2, 0.25) is 0 Å². The standard InChI is InChI=1S/C15H24N6O/c1-3-20-14(13-5-4-7-16-11-13)18-21(15(20)22)10-9-19-8-6-12(2)17-19/h6,8,13,16H,3-5,7,9-11H2,1-2H3/t13-/m1/s1. The van der Waals surface area contributed by atoms with Crippen LogP contribution in [-0.2, 0) is 19.6 Å². The predicted molar refractivity (Wildman–Crippen MR) is 84.0 cm³/mol. The van der Waals surface area contributed by atoms with Crippen LogP contribution in [0.3, 0.4) is 0 Å². The van der Waals surface area contributed by atoms with Crippen LogP contribution in [0.25, 0.3) is 0 Å². The zero-order valence-corrected chi connectivity index (χ0v) is 13.3. The third-order valence-electron chi connectivity index (χ3n) is 4.24. The summed E-state index contributed by atoms with van der Waals surface area (Å²) in [6, 6.07) is 1.96. The minimum absolute atomic E-state index is 0.00745. The van der Waals surface area contributed by atoms with E-state index in [-0.39, 0.29) is 5.69 Å². The van der Waals surface area contributed by atoms with E-state index in [4.69, 9.17) is 0 Å². The largest absolute Gasteiger partial charge is 0.345 e. The van der Waals surface area contributed by atoms with Gasteiger partial charge in [-0.05, 0) is 39.3 Å². The van der Waals surface area contributed by atoms with Crippen LogP contribution in [-0.4, -0.2) is 37.2 Å². The summed E-state index contributed by atoms with van der Waals surface area (Å²) in [5.41, 5.74) is 0.979. The second kappa shape index (κ2) is 6.48. The molecule has 0 saturated carbocycles. The van der Waals surface area contributed by atoms with Crippen molar-refractivity contribution >= 4 is 0 Å². The fraction of sp³-hybridized carbons (Fsp3) is 0.667. The lowest BCUT2D eigenvalue weighted by Gasteiger charge is -2.21. The Balaban J connectivity index is 1.79. The molecular formula is C15H24N6O. The van der Waals surface area contributed by atoms with Crippen molar-refractivity contribution in [3.05, 3.63) is 34.3 Å². The Morgan fingerprint density at radius 2 is 2.23 bits per heavy atom. The molecule has 3 heterocycles. The molecular weight excluding hydrogens is 280 g/mol. The van der Waals surface area contributed by atoms with E-state index in [1.807, 2.05) is 35.4 Å². The average Bonchev–Trinajstić information content (AvgIpc) is 3.09. The highest BCUT2D eigenvalue weighted by molar-refractivity contribution is 5.00. The van der Waals surface area contributed by atoms with Crippen LogP contribution in [0.5, 0.6) is 0 Å². The Bertz CT molecular complexity index is 677. The van der Waals surface area contributed by atoms with E-state index in [0.29, 0.717) is 25.6 Å². The van der Waals surface area contributed by atoms with E-state index in [1.54, 1.807) is 4.68 Å². The van der Waals surface area contributed by atoms with Crippen LogP contribution < -0.4 is 11.0 Å². The number of aryl methyl sites for hydroxylation is 3. The Morgan fingerprint density at radius 1 is 1.36 bits per heavy atom. The van der Waals surface area contributed by atoms with E-state index in [2.05, 4.69) is 15.5 Å². The molecule has 1 saturated heterocycles. The monoisotopic (exact) mass is 304 g/mol. The van der Waals surface area contributed by atoms with E-state index < -0.39 is 0 Å². The van der Waals surface area contributed by atoms with Gasteiger partial charge in [-0.15, -0.1) is 0 Å². The Morgan fingerprint density at radius 3 is 2.86 bits per heavy atom. The van der Waals surface area contributed by atoms with Gasteiger partial charge in [-0.3, -0.25) is 9.25 Å². The van der Waals surface area contributed by atoms with Gasteiger partial charge in [-0.25, -0.2) is 9.48 Å². The molecule has 1 N–H and O–H groups in total. The zero-order chi connectivity index (χ0) is 15.5. The summed E-state index contributed by atoms with van der Waals surface area (Å²) in [4.78, 5) is 12.5. The summed E-state index contributed by atoms with van der Waals surface area (Å²) in [6.45, 7) is 7.83. The summed E-state index contributed by atoms with van der Waals surface area (Å²) in [6.07, 6.45) is 4.17. The van der Waals surface area contributed by atoms with Gasteiger partial charge < -0.3 is 5.32 Å². The van der Waals surface area contributed by atoms with Crippen molar-refractivity contribution in [2.75, 3.05) is 13.1 Å². The van der Waals surface area contributed by atoms with Crippen molar-refractivity contribution in [3.8, 4) is 0 Å². The molecule has 0 amide bonds. The molecule has 22 heavy (non-hydrogen) atoms. The molecule has 1 atom stereocenters. The van der Waals surface area contributed by atoms with Crippen LogP contribution >= 0.6 is 0 Å². The molecule has 120 valence electrons. The number of hydrogen-bond acceptors (Lipinski definition) is 4. The lowest BCUT2D eigenvalue weighted by Crippen LogP contribution is -2.31. The molecule has 0 bridgehead atoms. The van der Waals surface area contributed by atoms with Gasteiger partial charge in [0.05, 0.1) is 18.8 Å². The molecule has 0 radical (unpaired) electrons. The number of nitrogens with zero attached hydrogens (tertiary/aromatic N) is 5. The van der Waals surface area contributed by atoms with Gasteiger partial charge in [0.25, 0.3) is 0 Å². The normalized spacial score (nSPS) is 18.7. The molecule has 0 aromatic carbocycles. The summed E-state index contributed by atoms with van der Waals surface area (Å²) in [5, 5.41) is 12.4. The highest BCUT2D eigenvalue weighted by atomic mass is 16.2. The van der Waals surface area contributed by atoms with E-state index in [0.717, 1.165) is 37.4 Å². The Hall–Kier alpha value is -1.89. The Labute approximate surface area is 129 Å². The molecule has 2 aromatic heterocycles. The third-order valence-corrected chi connectivity index (χ3v) is 4.24. The number of aromatic nitrogens is 5. The van der Waals surface area contributed by atoms with Crippen molar-refractivity contribution in [1.82, 2.24) is 29.4 Å². The van der Waals surface area contributed by atoms with Crippen LogP contribution in [0, 0.1) is 6.92 Å². The molecule has 2 aromatic rings. The Kier molecular flexibility index (Phi) is 4.42. The van der Waals surface area contributed by atoms with Gasteiger partial charge in [0.1, 0.15) is 5.82 Å². The van der Waals surface area contributed by atoms with Crippen LogP contribution in [0.15, 0.2) is 17.1 Å². The van der Waals surface area contributed by atoms with Crippen molar-refractivity contribution in [1.29, 1.82) is 0 Å². The lowest BCUT2D eigenvalue weighted by atomic mass is 9.99. The highest BCUT2D eigenvalue weighted by Crippen LogP contribution is 2.20. The summed E-state index contributed by atoms with van der Waals surface area (Å²) < 4.78 is 5.25. The maximum absolute atomic E-state index is 12.5. The van der Waals surface area contributed by atoms with Crippen molar-refractivity contribution in [2.45, 2.75) is 52.2 Å². The van der Waals surface area contributed by atoms with E-state index in [9.17, 15) is 4.79 Å². The van der Waals surface area contributed by atoms with E-state index >= 15 is 0 Å². The second-order valence-corrected chi connectivity index (χ2v) is 5.87. The summed E-state index contributed by atoms with van der Waals surface area (Å²) >= 11 is 0. The highest BCUT2D eigenvalue weighted by Gasteiger charge is 2.23. The smallest absolute Gasteiger partial charge is 0.316 e. The number of nitrogens with one attached hydrogen (secondary N) is 1. The van der Waals surface area contributed by atoms with Gasteiger partial charge in [0, 0.05) is 25.2 Å². The average molecular weight is 304 g/mol. The fourth-order valence-electron chi connectivity index (χ4n) is 3.06. The fourth-order valence-corrected chi connectivity index (χ4v) is 3.06. The van der Waals surface area contributed by atoms with Gasteiger partial charge in [0.2, 0.25) is 0 Å². The quantitative estimate of drug-likeness (QED) is 0.884. The first kappa shape index (κ1) is 15.0. The third kappa shape index (κ3) is 2.99. The first-order valence-electron chi connectivity index (χ1n) is 8.07. The predicted octanol–water partition coefficient (Wildman–Crippen LogP) is 0.737. The van der Waals surface area contributed by atoms with Gasteiger partial charge in [-0.1, -0.05) is 0 Å². The van der Waals surface area contributed by atoms with E-state index in [1.165, 1.54) is 0 Å².